The molecule has 1 amide bonds. The minimum absolute atomic E-state index is 0. The summed E-state index contributed by atoms with van der Waals surface area (Å²) in [7, 11) is 1.88. The van der Waals surface area contributed by atoms with Crippen molar-refractivity contribution < 1.29 is 13.9 Å². The standard InChI is InChI=1S/C18H25FN2O2.ClH/c1-21(11-2-12-23-15-5-3-14(19)4-6-15)17(22)16-13-18(16)7-9-20-10-8-18;/h3-6,16,20H,2,7-13H2,1H3;1H. The van der Waals surface area contributed by atoms with Gasteiger partial charge < -0.3 is 15.0 Å². The third kappa shape index (κ3) is 4.39. The maximum atomic E-state index is 12.8. The Kier molecular flexibility index (Phi) is 6.47. The Morgan fingerprint density at radius 1 is 1.33 bits per heavy atom. The number of ether oxygens (including phenoxy) is 1. The second-order valence-corrected chi connectivity index (χ2v) is 6.78. The van der Waals surface area contributed by atoms with Gasteiger partial charge in [-0.05, 0) is 68.5 Å². The highest BCUT2D eigenvalue weighted by molar-refractivity contribution is 5.85. The van der Waals surface area contributed by atoms with Gasteiger partial charge in [0.25, 0.3) is 0 Å². The first kappa shape index (κ1) is 19.0. The molecule has 6 heteroatoms. The molecule has 1 atom stereocenters. The summed E-state index contributed by atoms with van der Waals surface area (Å²) in [5.74, 6) is 0.913. The summed E-state index contributed by atoms with van der Waals surface area (Å²) in [5.41, 5.74) is 0.293. The number of hydrogen-bond acceptors (Lipinski definition) is 3. The Morgan fingerprint density at radius 3 is 2.67 bits per heavy atom. The first-order valence-electron chi connectivity index (χ1n) is 8.45. The molecular formula is C18H26ClFN2O2. The Balaban J connectivity index is 0.00000208. The molecular weight excluding hydrogens is 331 g/mol. The molecule has 1 spiro atoms. The number of nitrogens with zero attached hydrogens (tertiary/aromatic N) is 1. The van der Waals surface area contributed by atoms with Gasteiger partial charge in [0.15, 0.2) is 0 Å². The van der Waals surface area contributed by atoms with Gasteiger partial charge in [0, 0.05) is 19.5 Å². The van der Waals surface area contributed by atoms with Gasteiger partial charge in [0.2, 0.25) is 5.91 Å². The minimum Gasteiger partial charge on any atom is -0.494 e. The number of rotatable bonds is 6. The van der Waals surface area contributed by atoms with Crippen LogP contribution in [0.25, 0.3) is 0 Å². The van der Waals surface area contributed by atoms with Crippen LogP contribution in [0.5, 0.6) is 5.75 Å². The van der Waals surface area contributed by atoms with Crippen molar-refractivity contribution in [2.45, 2.75) is 25.7 Å². The van der Waals surface area contributed by atoms with Gasteiger partial charge in [-0.2, -0.15) is 0 Å². The lowest BCUT2D eigenvalue weighted by Gasteiger charge is -2.25. The molecule has 2 aliphatic rings. The molecule has 0 aromatic heterocycles. The fraction of sp³-hybridized carbons (Fsp3) is 0.611. The van der Waals surface area contributed by atoms with E-state index in [2.05, 4.69) is 5.32 Å². The zero-order chi connectivity index (χ0) is 16.3. The van der Waals surface area contributed by atoms with Crippen LogP contribution in [0.15, 0.2) is 24.3 Å². The van der Waals surface area contributed by atoms with Crippen molar-refractivity contribution in [3.05, 3.63) is 30.1 Å². The summed E-state index contributed by atoms with van der Waals surface area (Å²) < 4.78 is 18.4. The number of hydrogen-bond donors (Lipinski definition) is 1. The fourth-order valence-electron chi connectivity index (χ4n) is 3.57. The second-order valence-electron chi connectivity index (χ2n) is 6.78. The molecule has 1 heterocycles. The van der Waals surface area contributed by atoms with Crippen LogP contribution in [0.2, 0.25) is 0 Å². The lowest BCUT2D eigenvalue weighted by Crippen LogP contribution is -2.35. The van der Waals surface area contributed by atoms with Gasteiger partial charge in [0.05, 0.1) is 6.61 Å². The van der Waals surface area contributed by atoms with Gasteiger partial charge in [-0.25, -0.2) is 4.39 Å². The third-order valence-corrected chi connectivity index (χ3v) is 5.18. The number of amides is 1. The molecule has 2 fully saturated rings. The zero-order valence-corrected chi connectivity index (χ0v) is 14.9. The van der Waals surface area contributed by atoms with E-state index in [1.165, 1.54) is 12.1 Å². The minimum atomic E-state index is -0.265. The fourth-order valence-corrected chi connectivity index (χ4v) is 3.57. The zero-order valence-electron chi connectivity index (χ0n) is 14.1. The highest BCUT2D eigenvalue weighted by Gasteiger charge is 2.58. The molecule has 1 aromatic carbocycles. The van der Waals surface area contributed by atoms with Gasteiger partial charge in [-0.1, -0.05) is 0 Å². The normalized spacial score (nSPS) is 21.0. The summed E-state index contributed by atoms with van der Waals surface area (Å²) in [6.45, 7) is 3.31. The van der Waals surface area contributed by atoms with E-state index in [1.54, 1.807) is 12.1 Å². The highest BCUT2D eigenvalue weighted by atomic mass is 35.5. The van der Waals surface area contributed by atoms with Crippen molar-refractivity contribution in [2.75, 3.05) is 33.3 Å². The van der Waals surface area contributed by atoms with Crippen molar-refractivity contribution in [3.8, 4) is 5.75 Å². The van der Waals surface area contributed by atoms with Crippen molar-refractivity contribution in [1.82, 2.24) is 10.2 Å². The molecule has 1 aliphatic carbocycles. The Labute approximate surface area is 149 Å². The monoisotopic (exact) mass is 356 g/mol. The number of carbonyl (C=O) groups is 1. The van der Waals surface area contributed by atoms with E-state index >= 15 is 0 Å². The average molecular weight is 357 g/mol. The number of piperidine rings is 1. The molecule has 1 saturated heterocycles. The van der Waals surface area contributed by atoms with Gasteiger partial charge in [0.1, 0.15) is 11.6 Å². The predicted molar refractivity (Wildman–Crippen MR) is 94.0 cm³/mol. The summed E-state index contributed by atoms with van der Waals surface area (Å²) in [4.78, 5) is 14.3. The topological polar surface area (TPSA) is 41.6 Å². The Morgan fingerprint density at radius 2 is 2.00 bits per heavy atom. The van der Waals surface area contributed by atoms with E-state index in [4.69, 9.17) is 4.74 Å². The van der Waals surface area contributed by atoms with Crippen molar-refractivity contribution in [1.29, 1.82) is 0 Å². The highest BCUT2D eigenvalue weighted by Crippen LogP contribution is 2.59. The number of benzene rings is 1. The number of nitrogens with one attached hydrogen (secondary N) is 1. The van der Waals surface area contributed by atoms with Crippen LogP contribution in [0.3, 0.4) is 0 Å². The van der Waals surface area contributed by atoms with Crippen LogP contribution < -0.4 is 10.1 Å². The quantitative estimate of drug-likeness (QED) is 0.797. The van der Waals surface area contributed by atoms with E-state index < -0.39 is 0 Å². The molecule has 4 nitrogen and oxygen atoms in total. The molecule has 1 aromatic rings. The van der Waals surface area contributed by atoms with Crippen LogP contribution in [-0.4, -0.2) is 44.1 Å². The van der Waals surface area contributed by atoms with Crippen molar-refractivity contribution in [2.24, 2.45) is 11.3 Å². The van der Waals surface area contributed by atoms with Gasteiger partial charge in [-0.3, -0.25) is 4.79 Å². The average Bonchev–Trinajstić information content (AvgIpc) is 3.26. The molecule has 0 bridgehead atoms. The molecule has 1 saturated carbocycles. The first-order valence-corrected chi connectivity index (χ1v) is 8.45. The van der Waals surface area contributed by atoms with Crippen LogP contribution in [-0.2, 0) is 4.79 Å². The predicted octanol–water partition coefficient (Wildman–Crippen LogP) is 2.86. The lowest BCUT2D eigenvalue weighted by molar-refractivity contribution is -0.132. The summed E-state index contributed by atoms with van der Waals surface area (Å²) >= 11 is 0. The molecule has 3 rings (SSSR count). The van der Waals surface area contributed by atoms with Crippen LogP contribution >= 0.6 is 12.4 Å². The molecule has 24 heavy (non-hydrogen) atoms. The van der Waals surface area contributed by atoms with E-state index in [9.17, 15) is 9.18 Å². The summed E-state index contributed by atoms with van der Waals surface area (Å²) in [6.07, 6.45) is 4.10. The second kappa shape index (κ2) is 8.17. The third-order valence-electron chi connectivity index (χ3n) is 5.18. The maximum Gasteiger partial charge on any atom is 0.226 e. The first-order chi connectivity index (χ1) is 11.1. The Hall–Kier alpha value is -1.33. The molecule has 134 valence electrons. The van der Waals surface area contributed by atoms with E-state index in [1.807, 2.05) is 11.9 Å². The Bertz CT molecular complexity index is 546. The molecule has 1 unspecified atom stereocenters. The SMILES string of the molecule is CN(CCCOc1ccc(F)cc1)C(=O)C1CC12CCNCC2.Cl. The van der Waals surface area contributed by atoms with Crippen molar-refractivity contribution >= 4 is 18.3 Å². The largest absolute Gasteiger partial charge is 0.494 e. The van der Waals surface area contributed by atoms with E-state index in [0.717, 1.165) is 38.8 Å². The summed E-state index contributed by atoms with van der Waals surface area (Å²) in [6, 6.07) is 6.01. The van der Waals surface area contributed by atoms with Crippen LogP contribution in [0.1, 0.15) is 25.7 Å². The number of carbonyl (C=O) groups excluding carboxylic acids is 1. The molecule has 1 N–H and O–H groups in total. The van der Waals surface area contributed by atoms with Gasteiger partial charge in [-0.15, -0.1) is 12.4 Å². The summed E-state index contributed by atoms with van der Waals surface area (Å²) in [5, 5.41) is 3.37. The van der Waals surface area contributed by atoms with Crippen LogP contribution in [0, 0.1) is 17.2 Å². The van der Waals surface area contributed by atoms with Gasteiger partial charge >= 0.3 is 0 Å². The number of halogens is 2. The van der Waals surface area contributed by atoms with Crippen molar-refractivity contribution in [3.63, 3.8) is 0 Å². The lowest BCUT2D eigenvalue weighted by atomic mass is 9.91. The van der Waals surface area contributed by atoms with Crippen LogP contribution in [0.4, 0.5) is 4.39 Å². The maximum absolute atomic E-state index is 12.8. The smallest absolute Gasteiger partial charge is 0.226 e. The van der Waals surface area contributed by atoms with E-state index in [-0.39, 0.29) is 30.0 Å². The molecule has 1 aliphatic heterocycles. The van der Waals surface area contributed by atoms with E-state index in [0.29, 0.717) is 24.3 Å². The molecule has 0 radical (unpaired) electrons.